The van der Waals surface area contributed by atoms with E-state index in [2.05, 4.69) is 18.5 Å². The Morgan fingerprint density at radius 2 is 1.88 bits per heavy atom. The molecule has 1 N–H and O–H groups in total. The van der Waals surface area contributed by atoms with Crippen molar-refractivity contribution in [2.45, 2.75) is 12.5 Å². The molecule has 1 aromatic carbocycles. The zero-order chi connectivity index (χ0) is 19.5. The van der Waals surface area contributed by atoms with Crippen molar-refractivity contribution in [2.24, 2.45) is 0 Å². The zero-order valence-electron chi connectivity index (χ0n) is 14.3. The summed E-state index contributed by atoms with van der Waals surface area (Å²) >= 11 is 0. The molecular weight excluding hydrogens is 344 g/mol. The minimum atomic E-state index is -1.80. The van der Waals surface area contributed by atoms with Gasteiger partial charge in [-0.25, -0.2) is 13.6 Å². The van der Waals surface area contributed by atoms with Gasteiger partial charge >= 0.3 is 6.03 Å². The Hall–Kier alpha value is -3.03. The normalized spacial score (nSPS) is 19.3. The van der Waals surface area contributed by atoms with Crippen molar-refractivity contribution in [3.8, 4) is 0 Å². The van der Waals surface area contributed by atoms with Gasteiger partial charge in [0.05, 0.1) is 0 Å². The number of rotatable bonds is 7. The fraction of sp³-hybridized carbons (Fsp3) is 0.278. The maximum atomic E-state index is 14.1. The van der Waals surface area contributed by atoms with E-state index >= 15 is 0 Å². The highest BCUT2D eigenvalue weighted by atomic mass is 19.1. The molecule has 1 aliphatic rings. The fourth-order valence-electron chi connectivity index (χ4n) is 2.73. The second kappa shape index (κ2) is 7.47. The Kier molecular flexibility index (Phi) is 5.54. The molecule has 8 heteroatoms. The van der Waals surface area contributed by atoms with Gasteiger partial charge in [-0.3, -0.25) is 14.5 Å². The maximum Gasteiger partial charge on any atom is 0.325 e. The highest BCUT2D eigenvalue weighted by Gasteiger charge is 2.51. The van der Waals surface area contributed by atoms with Crippen LogP contribution < -0.4 is 5.32 Å². The van der Waals surface area contributed by atoms with E-state index in [1.165, 1.54) is 24.0 Å². The second-order valence-corrected chi connectivity index (χ2v) is 5.95. The lowest BCUT2D eigenvalue weighted by molar-refractivity contribution is -0.138. The Bertz CT molecular complexity index is 771. The van der Waals surface area contributed by atoms with E-state index in [9.17, 15) is 23.2 Å². The monoisotopic (exact) mass is 363 g/mol. The molecule has 26 heavy (non-hydrogen) atoms. The molecule has 6 nitrogen and oxygen atoms in total. The highest BCUT2D eigenvalue weighted by Crippen LogP contribution is 2.31. The van der Waals surface area contributed by atoms with Crippen molar-refractivity contribution in [2.75, 3.05) is 19.6 Å². The van der Waals surface area contributed by atoms with Crippen LogP contribution in [0.2, 0.25) is 0 Å². The van der Waals surface area contributed by atoms with Crippen molar-refractivity contribution >= 4 is 17.8 Å². The molecule has 1 fully saturated rings. The topological polar surface area (TPSA) is 69.7 Å². The summed E-state index contributed by atoms with van der Waals surface area (Å²) in [7, 11) is 0. The van der Waals surface area contributed by atoms with E-state index in [0.717, 1.165) is 18.2 Å². The number of carbonyl (C=O) groups is 3. The third-order valence-electron chi connectivity index (χ3n) is 4.09. The molecule has 138 valence electrons. The molecule has 2 rings (SSSR count). The van der Waals surface area contributed by atoms with Gasteiger partial charge in [0.15, 0.2) is 0 Å². The molecule has 0 saturated carbocycles. The van der Waals surface area contributed by atoms with Crippen molar-refractivity contribution in [3.63, 3.8) is 0 Å². The Labute approximate surface area is 149 Å². The molecule has 1 atom stereocenters. The standard InChI is InChI=1S/C18H19F2N3O3/c1-4-8-22(9-5-2)15(24)11-23-16(25)18(3,21-17(23)26)13-10-12(19)6-7-14(13)20/h4-7,10H,1-2,8-9,11H2,3H3,(H,21,26)/t18-/m1/s1. The van der Waals surface area contributed by atoms with Crippen LogP contribution in [-0.4, -0.2) is 47.3 Å². The molecule has 0 bridgehead atoms. The van der Waals surface area contributed by atoms with Crippen molar-refractivity contribution < 1.29 is 23.2 Å². The molecular formula is C18H19F2N3O3. The van der Waals surface area contributed by atoms with Crippen molar-refractivity contribution in [1.29, 1.82) is 0 Å². The first kappa shape index (κ1) is 19.3. The molecule has 0 spiro atoms. The fourth-order valence-corrected chi connectivity index (χ4v) is 2.73. The number of nitrogens with one attached hydrogen (secondary N) is 1. The van der Waals surface area contributed by atoms with Crippen LogP contribution in [0.5, 0.6) is 0 Å². The first-order valence-electron chi connectivity index (χ1n) is 7.83. The minimum absolute atomic E-state index is 0.213. The zero-order valence-corrected chi connectivity index (χ0v) is 14.3. The first-order chi connectivity index (χ1) is 12.2. The Morgan fingerprint density at radius 1 is 1.27 bits per heavy atom. The SMILES string of the molecule is C=CCN(CC=C)C(=O)CN1C(=O)N[C@](C)(c2cc(F)ccc2F)C1=O. The van der Waals surface area contributed by atoms with E-state index in [0.29, 0.717) is 4.90 Å². The lowest BCUT2D eigenvalue weighted by Crippen LogP contribution is -2.45. The number of urea groups is 1. The van der Waals surface area contributed by atoms with Crippen LogP contribution in [0.1, 0.15) is 12.5 Å². The van der Waals surface area contributed by atoms with Crippen LogP contribution in [0, 0.1) is 11.6 Å². The predicted octanol–water partition coefficient (Wildman–Crippen LogP) is 1.93. The number of benzene rings is 1. The van der Waals surface area contributed by atoms with Crippen LogP contribution in [-0.2, 0) is 15.1 Å². The summed E-state index contributed by atoms with van der Waals surface area (Å²) in [5.74, 6) is -2.92. The molecule has 1 heterocycles. The van der Waals surface area contributed by atoms with Gasteiger partial charge in [0.1, 0.15) is 23.7 Å². The summed E-state index contributed by atoms with van der Waals surface area (Å²) in [5.41, 5.74) is -2.11. The number of carbonyl (C=O) groups excluding carboxylic acids is 3. The van der Waals surface area contributed by atoms with E-state index in [4.69, 9.17) is 0 Å². The van der Waals surface area contributed by atoms with Crippen molar-refractivity contribution in [3.05, 3.63) is 60.7 Å². The lowest BCUT2D eigenvalue weighted by atomic mass is 9.91. The molecule has 0 unspecified atom stereocenters. The van der Waals surface area contributed by atoms with Crippen LogP contribution in [0.15, 0.2) is 43.5 Å². The van der Waals surface area contributed by atoms with E-state index in [-0.39, 0.29) is 18.7 Å². The number of nitrogens with zero attached hydrogens (tertiary/aromatic N) is 2. The number of imide groups is 1. The molecule has 0 aromatic heterocycles. The number of hydrogen-bond donors (Lipinski definition) is 1. The lowest BCUT2D eigenvalue weighted by Gasteiger charge is -2.24. The van der Waals surface area contributed by atoms with Gasteiger partial charge in [-0.1, -0.05) is 12.2 Å². The summed E-state index contributed by atoms with van der Waals surface area (Å²) in [6.45, 7) is 8.25. The molecule has 1 aliphatic heterocycles. The number of amides is 4. The quantitative estimate of drug-likeness (QED) is 0.595. The number of hydrogen-bond acceptors (Lipinski definition) is 3. The summed E-state index contributed by atoms with van der Waals surface area (Å²) in [6, 6.07) is 1.78. The summed E-state index contributed by atoms with van der Waals surface area (Å²) < 4.78 is 27.6. The second-order valence-electron chi connectivity index (χ2n) is 5.95. The van der Waals surface area contributed by atoms with Crippen LogP contribution in [0.4, 0.5) is 13.6 Å². The smallest absolute Gasteiger partial charge is 0.325 e. The maximum absolute atomic E-state index is 14.1. The van der Waals surface area contributed by atoms with Crippen LogP contribution in [0.25, 0.3) is 0 Å². The van der Waals surface area contributed by atoms with E-state index in [1.807, 2.05) is 0 Å². The first-order valence-corrected chi connectivity index (χ1v) is 7.83. The van der Waals surface area contributed by atoms with E-state index in [1.54, 1.807) is 0 Å². The molecule has 4 amide bonds. The predicted molar refractivity (Wildman–Crippen MR) is 90.9 cm³/mol. The molecule has 1 saturated heterocycles. The molecule has 0 radical (unpaired) electrons. The number of halogens is 2. The minimum Gasteiger partial charge on any atom is -0.334 e. The van der Waals surface area contributed by atoms with Crippen LogP contribution >= 0.6 is 0 Å². The van der Waals surface area contributed by atoms with Gasteiger partial charge in [0.25, 0.3) is 5.91 Å². The summed E-state index contributed by atoms with van der Waals surface area (Å²) in [4.78, 5) is 39.3. The molecule has 0 aliphatic carbocycles. The van der Waals surface area contributed by atoms with Gasteiger partial charge in [-0.05, 0) is 25.1 Å². The Balaban J connectivity index is 2.28. The molecule has 1 aromatic rings. The highest BCUT2D eigenvalue weighted by molar-refractivity contribution is 6.09. The van der Waals surface area contributed by atoms with E-state index < -0.39 is 41.6 Å². The average molecular weight is 363 g/mol. The van der Waals surface area contributed by atoms with Crippen molar-refractivity contribution in [1.82, 2.24) is 15.1 Å². The van der Waals surface area contributed by atoms with Gasteiger partial charge in [0.2, 0.25) is 5.91 Å². The van der Waals surface area contributed by atoms with Crippen LogP contribution in [0.3, 0.4) is 0 Å². The largest absolute Gasteiger partial charge is 0.334 e. The summed E-state index contributed by atoms with van der Waals surface area (Å²) in [6.07, 6.45) is 3.00. The van der Waals surface area contributed by atoms with Gasteiger partial charge in [-0.2, -0.15) is 0 Å². The van der Waals surface area contributed by atoms with Gasteiger partial charge in [0, 0.05) is 18.7 Å². The average Bonchev–Trinajstić information content (AvgIpc) is 2.80. The summed E-state index contributed by atoms with van der Waals surface area (Å²) in [5, 5.41) is 2.34. The third-order valence-corrected chi connectivity index (χ3v) is 4.09. The van der Waals surface area contributed by atoms with Gasteiger partial charge in [-0.15, -0.1) is 13.2 Å². The van der Waals surface area contributed by atoms with Gasteiger partial charge < -0.3 is 10.2 Å². The Morgan fingerprint density at radius 3 is 2.46 bits per heavy atom. The third kappa shape index (κ3) is 3.49.